The molecule has 2 aromatic heterocycles. The Morgan fingerprint density at radius 2 is 2.10 bits per heavy atom. The third-order valence-electron chi connectivity index (χ3n) is 7.91. The molecule has 2 atom stereocenters. The number of alkyl halides is 2. The molecular formula is C29H32F3N6O3Se. The summed E-state index contributed by atoms with van der Waals surface area (Å²) < 4.78 is 48.1. The number of methoxy groups -OCH3 is 1. The molecule has 0 bridgehead atoms. The van der Waals surface area contributed by atoms with Gasteiger partial charge in [-0.2, -0.15) is 5.10 Å². The predicted octanol–water partition coefficient (Wildman–Crippen LogP) is 2.96. The molecule has 4 heterocycles. The van der Waals surface area contributed by atoms with Crippen molar-refractivity contribution in [3.63, 3.8) is 0 Å². The molecule has 1 amide bonds. The van der Waals surface area contributed by atoms with Gasteiger partial charge in [-0.3, -0.25) is 9.69 Å². The van der Waals surface area contributed by atoms with Crippen LogP contribution < -0.4 is 20.7 Å². The molecule has 1 aliphatic carbocycles. The van der Waals surface area contributed by atoms with Crippen molar-refractivity contribution in [3.05, 3.63) is 53.5 Å². The average Bonchev–Trinajstić information content (AvgIpc) is 3.56. The molecular weight excluding hydrogens is 616 g/mol. The average molecular weight is 649 g/mol. The van der Waals surface area contributed by atoms with Gasteiger partial charge in [0.25, 0.3) is 5.91 Å². The summed E-state index contributed by atoms with van der Waals surface area (Å²) in [5.74, 6) is 7.10. The van der Waals surface area contributed by atoms with Crippen LogP contribution in [0.25, 0.3) is 5.52 Å². The molecule has 1 aromatic carbocycles. The molecule has 2 unspecified atom stereocenters. The minimum atomic E-state index is -2.29. The summed E-state index contributed by atoms with van der Waals surface area (Å²) in [4.78, 5) is 14.5. The van der Waals surface area contributed by atoms with Crippen LogP contribution in [0.4, 0.5) is 24.7 Å². The molecule has 3 aromatic rings. The number of hydrogen-bond donors (Lipinski definition) is 3. The minimum absolute atomic E-state index is 0.0514. The fourth-order valence-electron chi connectivity index (χ4n) is 5.49. The number of carbonyl (C=O) groups excluding carboxylic acids is 1. The summed E-state index contributed by atoms with van der Waals surface area (Å²) in [7, 11) is 3.13. The Bertz CT molecular complexity index is 1500. The number of amides is 1. The number of nitrogens with zero attached hydrogens (tertiary/aromatic N) is 3. The van der Waals surface area contributed by atoms with Crippen molar-refractivity contribution in [1.29, 1.82) is 0 Å². The second-order valence-electron chi connectivity index (χ2n) is 10.4. The zero-order valence-electron chi connectivity index (χ0n) is 23.3. The van der Waals surface area contributed by atoms with Crippen molar-refractivity contribution in [2.45, 2.75) is 29.7 Å². The van der Waals surface area contributed by atoms with Gasteiger partial charge >= 0.3 is 30.1 Å². The van der Waals surface area contributed by atoms with Crippen LogP contribution in [-0.2, 0) is 4.74 Å². The van der Waals surface area contributed by atoms with Crippen LogP contribution in [0.2, 0.25) is 0 Å². The van der Waals surface area contributed by atoms with Gasteiger partial charge in [-0.25, -0.2) is 8.91 Å². The van der Waals surface area contributed by atoms with Crippen molar-refractivity contribution < 1.29 is 27.4 Å². The van der Waals surface area contributed by atoms with Gasteiger partial charge in [0, 0.05) is 31.2 Å². The Hall–Kier alpha value is -3.43. The fraction of sp³-hybridized carbons (Fsp3) is 0.448. The van der Waals surface area contributed by atoms with E-state index in [0.717, 1.165) is 45.0 Å². The van der Waals surface area contributed by atoms with Gasteiger partial charge in [0.1, 0.15) is 17.1 Å². The van der Waals surface area contributed by atoms with E-state index in [-0.39, 0.29) is 23.7 Å². The molecule has 1 saturated carbocycles. The van der Waals surface area contributed by atoms with Crippen LogP contribution in [0.3, 0.4) is 0 Å². The standard InChI is InChI=1S/C28H31FN6O3.CHF2Se/c1-30-27(36)18-8-9-24(37-2)22(13-18)31-11-4-5-21-26(29)23-6-3-7-25(35(23)33-21)32-28-10-12-34(15-19(28)14-28)20-16-38-17-20;2-1(3)4/h3,6-9,13,19-20,31-32H,10-12,14-17H2,1-2H3,(H,30,36);1H. The molecule has 13 heteroatoms. The SMILES string of the molecule is CNC(=O)c1ccc(OC)c(NCC#Cc2nn3c(NC45CCN(C6COC6)CC4C5)cccc3c2F)c1.FC(F)[Se]. The number of halogens is 3. The first kappa shape index (κ1) is 30.0. The van der Waals surface area contributed by atoms with E-state index in [1.807, 2.05) is 12.1 Å². The second kappa shape index (κ2) is 12.8. The molecule has 1 radical (unpaired) electrons. The van der Waals surface area contributed by atoms with Crippen LogP contribution in [0, 0.1) is 23.6 Å². The first-order valence-electron chi connectivity index (χ1n) is 13.6. The number of aromatic nitrogens is 2. The van der Waals surface area contributed by atoms with Gasteiger partial charge < -0.3 is 25.4 Å². The number of rotatable bonds is 7. The second-order valence-corrected chi connectivity index (χ2v) is 11.1. The number of likely N-dealkylation sites (tertiary alicyclic amines) is 1. The number of anilines is 2. The Kier molecular flexibility index (Phi) is 9.18. The third-order valence-corrected chi connectivity index (χ3v) is 7.91. The Morgan fingerprint density at radius 3 is 2.76 bits per heavy atom. The third kappa shape index (κ3) is 6.47. The van der Waals surface area contributed by atoms with Crippen molar-refractivity contribution in [1.82, 2.24) is 19.8 Å². The van der Waals surface area contributed by atoms with Crippen LogP contribution in [-0.4, -0.2) is 100 Å². The summed E-state index contributed by atoms with van der Waals surface area (Å²) in [5, 5.41) is 11.6. The van der Waals surface area contributed by atoms with Crippen LogP contribution in [0.5, 0.6) is 5.75 Å². The van der Waals surface area contributed by atoms with E-state index < -0.39 is 11.1 Å². The van der Waals surface area contributed by atoms with Gasteiger partial charge in [0.15, 0.2) is 11.5 Å². The van der Waals surface area contributed by atoms with Crippen LogP contribution in [0.15, 0.2) is 36.4 Å². The number of fused-ring (bicyclic) bond motifs is 2. The van der Waals surface area contributed by atoms with Crippen molar-refractivity contribution >= 4 is 38.9 Å². The molecule has 3 aliphatic rings. The number of carbonyl (C=O) groups is 1. The Morgan fingerprint density at radius 1 is 1.31 bits per heavy atom. The van der Waals surface area contributed by atoms with E-state index in [1.54, 1.807) is 59.0 Å². The first-order valence-corrected chi connectivity index (χ1v) is 14.6. The summed E-state index contributed by atoms with van der Waals surface area (Å²) >= 11 is 1.57. The van der Waals surface area contributed by atoms with Gasteiger partial charge in [-0.1, -0.05) is 12.0 Å². The van der Waals surface area contributed by atoms with Crippen LogP contribution >= 0.6 is 0 Å². The monoisotopic (exact) mass is 649 g/mol. The molecule has 2 aliphatic heterocycles. The Balaban J connectivity index is 0.000000830. The van der Waals surface area contributed by atoms with Gasteiger partial charge in [-0.05, 0) is 55.0 Å². The summed E-state index contributed by atoms with van der Waals surface area (Å²) in [6, 6.07) is 11.2. The summed E-state index contributed by atoms with van der Waals surface area (Å²) in [5.41, 5.74) is 1.66. The molecule has 6 rings (SSSR count). The zero-order valence-corrected chi connectivity index (χ0v) is 25.0. The van der Waals surface area contributed by atoms with Gasteiger partial charge in [0.05, 0.1) is 38.6 Å². The molecule has 3 fully saturated rings. The Labute approximate surface area is 250 Å². The van der Waals surface area contributed by atoms with Crippen LogP contribution in [0.1, 0.15) is 28.9 Å². The zero-order chi connectivity index (χ0) is 29.9. The molecule has 2 saturated heterocycles. The van der Waals surface area contributed by atoms with E-state index in [1.165, 1.54) is 0 Å². The first-order chi connectivity index (χ1) is 20.2. The maximum absolute atomic E-state index is 15.2. The number of piperidine rings is 1. The van der Waals surface area contributed by atoms with E-state index in [9.17, 15) is 13.6 Å². The number of ether oxygens (including phenoxy) is 2. The molecule has 9 nitrogen and oxygen atoms in total. The number of nitrogens with one attached hydrogen (secondary N) is 3. The van der Waals surface area contributed by atoms with Gasteiger partial charge in [0.2, 0.25) is 0 Å². The topological polar surface area (TPSA) is 92.2 Å². The summed E-state index contributed by atoms with van der Waals surface area (Å²) in [6.07, 6.45) is 2.16. The van der Waals surface area contributed by atoms with E-state index >= 15 is 4.39 Å². The molecule has 0 spiro atoms. The number of hydrogen-bond acceptors (Lipinski definition) is 7. The van der Waals surface area contributed by atoms with E-state index in [2.05, 4.69) is 37.8 Å². The van der Waals surface area contributed by atoms with Crippen molar-refractivity contribution in [3.8, 4) is 17.6 Å². The predicted molar refractivity (Wildman–Crippen MR) is 154 cm³/mol. The normalized spacial score (nSPS) is 21.3. The van der Waals surface area contributed by atoms with E-state index in [0.29, 0.717) is 34.5 Å². The molecule has 223 valence electrons. The fourth-order valence-corrected chi connectivity index (χ4v) is 5.49. The molecule has 42 heavy (non-hydrogen) atoms. The summed E-state index contributed by atoms with van der Waals surface area (Å²) in [6.45, 7) is 4.02. The van der Waals surface area contributed by atoms with Crippen molar-refractivity contribution in [2.24, 2.45) is 5.92 Å². The van der Waals surface area contributed by atoms with Crippen molar-refractivity contribution in [2.75, 3.05) is 57.6 Å². The molecule has 3 N–H and O–H groups in total. The number of pyridine rings is 1. The quantitative estimate of drug-likeness (QED) is 0.268. The van der Waals surface area contributed by atoms with Gasteiger partial charge in [-0.15, -0.1) is 0 Å². The number of benzene rings is 1. The van der Waals surface area contributed by atoms with E-state index in [4.69, 9.17) is 9.47 Å². The maximum atomic E-state index is 15.2.